The first-order valence-corrected chi connectivity index (χ1v) is 8.81. The third-order valence-electron chi connectivity index (χ3n) is 4.05. The van der Waals surface area contributed by atoms with Crippen molar-refractivity contribution in [1.82, 2.24) is 0 Å². The summed E-state index contributed by atoms with van der Waals surface area (Å²) in [5, 5.41) is 19.4. The zero-order valence-electron chi connectivity index (χ0n) is 13.6. The molecule has 3 aromatic carbocycles. The molecule has 0 bridgehead atoms. The highest BCUT2D eigenvalue weighted by Crippen LogP contribution is 2.46. The van der Waals surface area contributed by atoms with Gasteiger partial charge in [0.25, 0.3) is 0 Å². The lowest BCUT2D eigenvalue weighted by Gasteiger charge is -2.09. The summed E-state index contributed by atoms with van der Waals surface area (Å²) in [6.07, 6.45) is 0. The predicted octanol–water partition coefficient (Wildman–Crippen LogP) is 6.10. The van der Waals surface area contributed by atoms with Gasteiger partial charge in [0, 0.05) is 15.6 Å². The van der Waals surface area contributed by atoms with Gasteiger partial charge in [-0.25, -0.2) is 0 Å². The van der Waals surface area contributed by atoms with Crippen LogP contribution in [0, 0.1) is 22.7 Å². The lowest BCUT2D eigenvalue weighted by atomic mass is 10.1. The Balaban J connectivity index is 1.89. The number of rotatable bonds is 3. The molecule has 4 aromatic rings. The molecular weight excluding hydrogens is 340 g/mol. The Morgan fingerprint density at radius 1 is 0.769 bits per heavy atom. The van der Waals surface area contributed by atoms with E-state index in [0.29, 0.717) is 16.9 Å². The number of nitrogens with zero attached hydrogens (tertiary/aromatic N) is 2. The van der Waals surface area contributed by atoms with Crippen LogP contribution in [0.25, 0.3) is 20.5 Å². The summed E-state index contributed by atoms with van der Waals surface area (Å²) >= 11 is 1.60. The Hall–Kier alpha value is -3.60. The highest BCUT2D eigenvalue weighted by Gasteiger charge is 2.18. The van der Waals surface area contributed by atoms with Gasteiger partial charge < -0.3 is 4.74 Å². The largest absolute Gasteiger partial charge is 0.455 e. The summed E-state index contributed by atoms with van der Waals surface area (Å²) in [5.41, 5.74) is 2.06. The number of fused-ring (bicyclic) bond motifs is 1. The van der Waals surface area contributed by atoms with E-state index in [0.717, 1.165) is 26.3 Å². The number of ether oxygens (including phenoxy) is 1. The average Bonchev–Trinajstić information content (AvgIpc) is 3.07. The monoisotopic (exact) mass is 352 g/mol. The van der Waals surface area contributed by atoms with E-state index >= 15 is 0 Å². The minimum atomic E-state index is 0.586. The first-order chi connectivity index (χ1) is 12.8. The molecular formula is C22H12N2OS. The van der Waals surface area contributed by atoms with Gasteiger partial charge >= 0.3 is 0 Å². The van der Waals surface area contributed by atoms with Gasteiger partial charge in [-0.05, 0) is 42.5 Å². The lowest BCUT2D eigenvalue weighted by molar-refractivity contribution is 0.491. The summed E-state index contributed by atoms with van der Waals surface area (Å²) in [6.45, 7) is 0. The van der Waals surface area contributed by atoms with Gasteiger partial charge in [-0.15, -0.1) is 11.3 Å². The standard InChI is InChI=1S/C22H12N2OS/c23-13-15-9-11-17(12-10-15)25-21-19-7-3-4-8-20(19)26-22(21)18-6-2-1-5-16(18)14-24/h1-12H. The van der Waals surface area contributed by atoms with Crippen LogP contribution in [0.3, 0.4) is 0 Å². The number of nitriles is 2. The van der Waals surface area contributed by atoms with Crippen molar-refractivity contribution in [2.75, 3.05) is 0 Å². The summed E-state index contributed by atoms with van der Waals surface area (Å²) in [7, 11) is 0. The van der Waals surface area contributed by atoms with E-state index < -0.39 is 0 Å². The zero-order valence-corrected chi connectivity index (χ0v) is 14.5. The first kappa shape index (κ1) is 15.9. The summed E-state index contributed by atoms with van der Waals surface area (Å²) in [6, 6.07) is 26.9. The number of hydrogen-bond donors (Lipinski definition) is 0. The molecule has 0 amide bonds. The summed E-state index contributed by atoms with van der Waals surface area (Å²) < 4.78 is 7.30. The molecule has 26 heavy (non-hydrogen) atoms. The van der Waals surface area contributed by atoms with Crippen LogP contribution < -0.4 is 4.74 Å². The topological polar surface area (TPSA) is 56.8 Å². The van der Waals surface area contributed by atoms with Crippen molar-refractivity contribution in [2.24, 2.45) is 0 Å². The Morgan fingerprint density at radius 3 is 2.27 bits per heavy atom. The molecule has 0 aliphatic rings. The number of benzene rings is 3. The van der Waals surface area contributed by atoms with E-state index in [4.69, 9.17) is 10.00 Å². The molecule has 0 aliphatic carbocycles. The molecule has 0 atom stereocenters. The van der Waals surface area contributed by atoms with Gasteiger partial charge in [-0.2, -0.15) is 10.5 Å². The highest BCUT2D eigenvalue weighted by molar-refractivity contribution is 7.22. The third-order valence-corrected chi connectivity index (χ3v) is 5.23. The van der Waals surface area contributed by atoms with Crippen LogP contribution in [0.2, 0.25) is 0 Å². The van der Waals surface area contributed by atoms with Crippen LogP contribution in [-0.4, -0.2) is 0 Å². The zero-order chi connectivity index (χ0) is 17.9. The second-order valence-corrected chi connectivity index (χ2v) is 6.70. The SMILES string of the molecule is N#Cc1ccc(Oc2c(-c3ccccc3C#N)sc3ccccc23)cc1. The third kappa shape index (κ3) is 2.80. The van der Waals surface area contributed by atoms with Crippen molar-refractivity contribution in [3.63, 3.8) is 0 Å². The quantitative estimate of drug-likeness (QED) is 0.447. The second-order valence-electron chi connectivity index (χ2n) is 5.65. The molecule has 0 saturated heterocycles. The van der Waals surface area contributed by atoms with E-state index in [1.165, 1.54) is 0 Å². The van der Waals surface area contributed by atoms with Gasteiger partial charge in [0.05, 0.1) is 28.1 Å². The Labute approximate surface area is 154 Å². The van der Waals surface area contributed by atoms with Crippen LogP contribution in [-0.2, 0) is 0 Å². The van der Waals surface area contributed by atoms with Crippen molar-refractivity contribution in [3.05, 3.63) is 83.9 Å². The van der Waals surface area contributed by atoms with E-state index in [1.807, 2.05) is 48.5 Å². The van der Waals surface area contributed by atoms with Gasteiger partial charge in [0.2, 0.25) is 0 Å². The van der Waals surface area contributed by atoms with Gasteiger partial charge in [0.1, 0.15) is 5.75 Å². The van der Waals surface area contributed by atoms with Gasteiger partial charge in [-0.3, -0.25) is 0 Å². The van der Waals surface area contributed by atoms with Crippen LogP contribution in [0.15, 0.2) is 72.8 Å². The highest BCUT2D eigenvalue weighted by atomic mass is 32.1. The average molecular weight is 352 g/mol. The molecule has 0 unspecified atom stereocenters. The maximum atomic E-state index is 9.48. The minimum Gasteiger partial charge on any atom is -0.455 e. The molecule has 4 heteroatoms. The normalized spacial score (nSPS) is 10.2. The molecule has 3 nitrogen and oxygen atoms in total. The number of thiophene rings is 1. The van der Waals surface area contributed by atoms with Crippen molar-refractivity contribution >= 4 is 21.4 Å². The van der Waals surface area contributed by atoms with E-state index in [1.54, 1.807) is 35.6 Å². The van der Waals surface area contributed by atoms with Crippen LogP contribution >= 0.6 is 11.3 Å². The molecule has 122 valence electrons. The van der Waals surface area contributed by atoms with Gasteiger partial charge in [-0.1, -0.05) is 30.3 Å². The van der Waals surface area contributed by atoms with Gasteiger partial charge in [0.15, 0.2) is 5.75 Å². The van der Waals surface area contributed by atoms with Crippen LogP contribution in [0.1, 0.15) is 11.1 Å². The Kier molecular flexibility index (Phi) is 4.11. The molecule has 0 N–H and O–H groups in total. The molecule has 0 fully saturated rings. The lowest BCUT2D eigenvalue weighted by Crippen LogP contribution is -1.87. The molecule has 0 radical (unpaired) electrons. The fourth-order valence-corrected chi connectivity index (χ4v) is 3.96. The summed E-state index contributed by atoms with van der Waals surface area (Å²) in [4.78, 5) is 0.924. The Bertz CT molecular complexity index is 1180. The first-order valence-electron chi connectivity index (χ1n) is 7.99. The second kappa shape index (κ2) is 6.72. The molecule has 1 aromatic heterocycles. The van der Waals surface area contributed by atoms with E-state index in [9.17, 15) is 5.26 Å². The van der Waals surface area contributed by atoms with Crippen LogP contribution in [0.5, 0.6) is 11.5 Å². The molecule has 0 saturated carbocycles. The van der Waals surface area contributed by atoms with Crippen molar-refractivity contribution in [3.8, 4) is 34.1 Å². The predicted molar refractivity (Wildman–Crippen MR) is 103 cm³/mol. The van der Waals surface area contributed by atoms with Crippen molar-refractivity contribution in [2.45, 2.75) is 0 Å². The number of hydrogen-bond acceptors (Lipinski definition) is 4. The fraction of sp³-hybridized carbons (Fsp3) is 0. The van der Waals surface area contributed by atoms with E-state index in [2.05, 4.69) is 12.1 Å². The van der Waals surface area contributed by atoms with Crippen LogP contribution in [0.4, 0.5) is 0 Å². The maximum Gasteiger partial charge on any atom is 0.153 e. The Morgan fingerprint density at radius 2 is 1.50 bits per heavy atom. The smallest absolute Gasteiger partial charge is 0.153 e. The molecule has 0 aliphatic heterocycles. The van der Waals surface area contributed by atoms with Crippen molar-refractivity contribution < 1.29 is 4.74 Å². The molecule has 1 heterocycles. The van der Waals surface area contributed by atoms with E-state index in [-0.39, 0.29) is 0 Å². The van der Waals surface area contributed by atoms with Crippen molar-refractivity contribution in [1.29, 1.82) is 10.5 Å². The maximum absolute atomic E-state index is 9.48. The summed E-state index contributed by atoms with van der Waals surface area (Å²) in [5.74, 6) is 1.39. The molecule has 0 spiro atoms. The fourth-order valence-electron chi connectivity index (χ4n) is 2.79. The molecule has 4 rings (SSSR count). The minimum absolute atomic E-state index is 0.586.